The number of benzene rings is 2. The number of rotatable bonds is 4. The molecule has 0 aromatic heterocycles. The second-order valence-corrected chi connectivity index (χ2v) is 6.42. The fourth-order valence-corrected chi connectivity index (χ4v) is 2.89. The SMILES string of the molecule is COc1ccc(Br)cc1C=C1N=C(c2cc(Cl)ccc2OC)OC1=O. The van der Waals surface area contributed by atoms with Crippen molar-refractivity contribution < 1.29 is 19.0 Å². The molecule has 0 atom stereocenters. The van der Waals surface area contributed by atoms with Crippen molar-refractivity contribution >= 4 is 45.5 Å². The lowest BCUT2D eigenvalue weighted by Crippen LogP contribution is -2.07. The van der Waals surface area contributed by atoms with Gasteiger partial charge in [-0.05, 0) is 42.5 Å². The Morgan fingerprint density at radius 1 is 1.12 bits per heavy atom. The number of carbonyl (C=O) groups excluding carboxylic acids is 1. The average Bonchev–Trinajstić information content (AvgIpc) is 2.96. The lowest BCUT2D eigenvalue weighted by Gasteiger charge is -2.07. The van der Waals surface area contributed by atoms with Crippen LogP contribution in [-0.2, 0) is 9.53 Å². The number of hydrogen-bond donors (Lipinski definition) is 0. The molecular weight excluding hydrogens is 410 g/mol. The molecular formula is C18H13BrClNO4. The molecule has 0 spiro atoms. The molecule has 128 valence electrons. The van der Waals surface area contributed by atoms with E-state index in [1.54, 1.807) is 37.5 Å². The Morgan fingerprint density at radius 2 is 1.84 bits per heavy atom. The zero-order chi connectivity index (χ0) is 18.0. The van der Waals surface area contributed by atoms with Crippen LogP contribution >= 0.6 is 27.5 Å². The maximum absolute atomic E-state index is 12.2. The van der Waals surface area contributed by atoms with Crippen LogP contribution in [0.15, 0.2) is 51.6 Å². The number of hydrogen-bond acceptors (Lipinski definition) is 5. The van der Waals surface area contributed by atoms with Crippen LogP contribution in [0.25, 0.3) is 6.08 Å². The van der Waals surface area contributed by atoms with Gasteiger partial charge in [-0.25, -0.2) is 9.79 Å². The number of carbonyl (C=O) groups is 1. The van der Waals surface area contributed by atoms with Crippen LogP contribution in [0, 0.1) is 0 Å². The predicted molar refractivity (Wildman–Crippen MR) is 99.3 cm³/mol. The third kappa shape index (κ3) is 3.70. The van der Waals surface area contributed by atoms with Crippen LogP contribution < -0.4 is 9.47 Å². The van der Waals surface area contributed by atoms with E-state index in [0.717, 1.165) is 4.47 Å². The summed E-state index contributed by atoms with van der Waals surface area (Å²) in [5.41, 5.74) is 1.37. The smallest absolute Gasteiger partial charge is 0.363 e. The van der Waals surface area contributed by atoms with Gasteiger partial charge in [0, 0.05) is 15.1 Å². The van der Waals surface area contributed by atoms with E-state index in [1.807, 2.05) is 12.1 Å². The van der Waals surface area contributed by atoms with Crippen LogP contribution in [0.3, 0.4) is 0 Å². The van der Waals surface area contributed by atoms with Gasteiger partial charge in [-0.1, -0.05) is 27.5 Å². The minimum Gasteiger partial charge on any atom is -0.496 e. The Hall–Kier alpha value is -2.31. The molecule has 5 nitrogen and oxygen atoms in total. The van der Waals surface area contributed by atoms with Crippen molar-refractivity contribution in [3.63, 3.8) is 0 Å². The molecule has 0 aliphatic carbocycles. The van der Waals surface area contributed by atoms with E-state index in [1.165, 1.54) is 7.11 Å². The van der Waals surface area contributed by atoms with Crippen molar-refractivity contribution in [2.45, 2.75) is 0 Å². The summed E-state index contributed by atoms with van der Waals surface area (Å²) < 4.78 is 16.7. The summed E-state index contributed by atoms with van der Waals surface area (Å²) in [7, 11) is 3.08. The van der Waals surface area contributed by atoms with E-state index in [2.05, 4.69) is 20.9 Å². The van der Waals surface area contributed by atoms with Gasteiger partial charge in [-0.3, -0.25) is 0 Å². The van der Waals surface area contributed by atoms with Crippen LogP contribution in [-0.4, -0.2) is 26.1 Å². The Labute approximate surface area is 158 Å². The highest BCUT2D eigenvalue weighted by molar-refractivity contribution is 9.10. The lowest BCUT2D eigenvalue weighted by atomic mass is 10.1. The predicted octanol–water partition coefficient (Wildman–Crippen LogP) is 4.46. The summed E-state index contributed by atoms with van der Waals surface area (Å²) in [6.45, 7) is 0. The largest absolute Gasteiger partial charge is 0.496 e. The van der Waals surface area contributed by atoms with E-state index in [-0.39, 0.29) is 11.6 Å². The van der Waals surface area contributed by atoms with Gasteiger partial charge in [-0.2, -0.15) is 0 Å². The summed E-state index contributed by atoms with van der Waals surface area (Å²) in [5.74, 6) is 0.716. The van der Waals surface area contributed by atoms with E-state index in [0.29, 0.717) is 27.6 Å². The Balaban J connectivity index is 2.04. The molecule has 0 saturated carbocycles. The molecule has 1 aliphatic rings. The first-order chi connectivity index (χ1) is 12.0. The van der Waals surface area contributed by atoms with E-state index >= 15 is 0 Å². The topological polar surface area (TPSA) is 57.1 Å². The standard InChI is InChI=1S/C18H13BrClNO4/c1-23-15-5-3-11(19)7-10(15)8-14-18(22)25-17(21-14)13-9-12(20)4-6-16(13)24-2/h3-9H,1-2H3. The molecule has 0 N–H and O–H groups in total. The zero-order valence-corrected chi connectivity index (χ0v) is 15.7. The first-order valence-corrected chi connectivity index (χ1v) is 8.39. The molecule has 0 unspecified atom stereocenters. The third-order valence-electron chi connectivity index (χ3n) is 3.50. The molecule has 3 rings (SSSR count). The molecule has 2 aromatic carbocycles. The van der Waals surface area contributed by atoms with Crippen molar-refractivity contribution in [2.75, 3.05) is 14.2 Å². The van der Waals surface area contributed by atoms with E-state index < -0.39 is 5.97 Å². The molecule has 0 saturated heterocycles. The van der Waals surface area contributed by atoms with Crippen LogP contribution in [0.4, 0.5) is 0 Å². The summed E-state index contributed by atoms with van der Waals surface area (Å²) in [6.07, 6.45) is 1.61. The van der Waals surface area contributed by atoms with Gasteiger partial charge in [0.05, 0.1) is 19.8 Å². The molecule has 0 radical (unpaired) electrons. The summed E-state index contributed by atoms with van der Waals surface area (Å²) in [5, 5.41) is 0.487. The number of halogens is 2. The van der Waals surface area contributed by atoms with Crippen LogP contribution in [0.1, 0.15) is 11.1 Å². The lowest BCUT2D eigenvalue weighted by molar-refractivity contribution is -0.129. The Bertz CT molecular complexity index is 908. The fraction of sp³-hybridized carbons (Fsp3) is 0.111. The van der Waals surface area contributed by atoms with E-state index in [9.17, 15) is 4.79 Å². The van der Waals surface area contributed by atoms with Gasteiger partial charge >= 0.3 is 5.97 Å². The van der Waals surface area contributed by atoms with Crippen molar-refractivity contribution in [2.24, 2.45) is 4.99 Å². The van der Waals surface area contributed by atoms with Crippen LogP contribution in [0.2, 0.25) is 5.02 Å². The van der Waals surface area contributed by atoms with Crippen molar-refractivity contribution in [3.05, 3.63) is 62.7 Å². The molecule has 7 heteroatoms. The monoisotopic (exact) mass is 421 g/mol. The first kappa shape index (κ1) is 17.5. The van der Waals surface area contributed by atoms with Crippen molar-refractivity contribution in [3.8, 4) is 11.5 Å². The summed E-state index contributed by atoms with van der Waals surface area (Å²) in [4.78, 5) is 16.5. The Kier molecular flexibility index (Phi) is 5.11. The minimum atomic E-state index is -0.556. The number of aliphatic imine (C=N–C) groups is 1. The number of esters is 1. The summed E-state index contributed by atoms with van der Waals surface area (Å²) >= 11 is 9.42. The van der Waals surface area contributed by atoms with Crippen LogP contribution in [0.5, 0.6) is 11.5 Å². The third-order valence-corrected chi connectivity index (χ3v) is 4.22. The van der Waals surface area contributed by atoms with Crippen molar-refractivity contribution in [1.29, 1.82) is 0 Å². The molecule has 0 amide bonds. The second-order valence-electron chi connectivity index (χ2n) is 5.07. The minimum absolute atomic E-state index is 0.143. The second kappa shape index (κ2) is 7.29. The maximum atomic E-state index is 12.2. The normalized spacial score (nSPS) is 15.1. The van der Waals surface area contributed by atoms with Gasteiger partial charge < -0.3 is 14.2 Å². The van der Waals surface area contributed by atoms with E-state index in [4.69, 9.17) is 25.8 Å². The van der Waals surface area contributed by atoms with Gasteiger partial charge in [0.25, 0.3) is 0 Å². The molecule has 0 bridgehead atoms. The van der Waals surface area contributed by atoms with Gasteiger partial charge in [0.15, 0.2) is 5.70 Å². The number of nitrogens with zero attached hydrogens (tertiary/aromatic N) is 1. The molecule has 0 fully saturated rings. The zero-order valence-electron chi connectivity index (χ0n) is 13.4. The molecule has 1 heterocycles. The van der Waals surface area contributed by atoms with Gasteiger partial charge in [0.1, 0.15) is 11.5 Å². The number of cyclic esters (lactones) is 1. The highest BCUT2D eigenvalue weighted by Crippen LogP contribution is 2.30. The number of ether oxygens (including phenoxy) is 3. The molecule has 25 heavy (non-hydrogen) atoms. The summed E-state index contributed by atoms with van der Waals surface area (Å²) in [6, 6.07) is 10.5. The average molecular weight is 423 g/mol. The number of methoxy groups -OCH3 is 2. The first-order valence-electron chi connectivity index (χ1n) is 7.22. The quantitative estimate of drug-likeness (QED) is 0.539. The Morgan fingerprint density at radius 3 is 2.56 bits per heavy atom. The highest BCUT2D eigenvalue weighted by Gasteiger charge is 2.27. The molecule has 1 aliphatic heterocycles. The van der Waals surface area contributed by atoms with Crippen molar-refractivity contribution in [1.82, 2.24) is 0 Å². The van der Waals surface area contributed by atoms with Gasteiger partial charge in [0.2, 0.25) is 5.90 Å². The maximum Gasteiger partial charge on any atom is 0.363 e. The fourth-order valence-electron chi connectivity index (χ4n) is 2.34. The van der Waals surface area contributed by atoms with Gasteiger partial charge in [-0.15, -0.1) is 0 Å². The molecule has 2 aromatic rings. The highest BCUT2D eigenvalue weighted by atomic mass is 79.9.